The summed E-state index contributed by atoms with van der Waals surface area (Å²) in [5, 5.41) is 14.7. The Bertz CT molecular complexity index is 823. The van der Waals surface area contributed by atoms with Crippen molar-refractivity contribution in [3.05, 3.63) is 51.1 Å². The molecule has 0 aliphatic rings. The molecular formula is C18H18ClF2IN2O3. The predicted octanol–water partition coefficient (Wildman–Crippen LogP) is 4.04. The van der Waals surface area contributed by atoms with E-state index in [0.29, 0.717) is 3.57 Å². The number of aliphatic hydroxyl groups excluding tert-OH is 1. The molecule has 0 unspecified atom stereocenters. The van der Waals surface area contributed by atoms with Gasteiger partial charge in [-0.25, -0.2) is 8.78 Å². The van der Waals surface area contributed by atoms with Gasteiger partial charge in [-0.2, -0.15) is 0 Å². The highest BCUT2D eigenvalue weighted by molar-refractivity contribution is 14.1. The van der Waals surface area contributed by atoms with E-state index in [1.807, 2.05) is 22.6 Å². The largest absolute Gasteiger partial charge is 0.492 e. The Morgan fingerprint density at radius 3 is 2.67 bits per heavy atom. The number of aliphatic hydroxyl groups is 1. The number of halogens is 4. The summed E-state index contributed by atoms with van der Waals surface area (Å²) in [6, 6.07) is 6.63. The Balaban J connectivity index is 2.38. The molecule has 27 heavy (non-hydrogen) atoms. The van der Waals surface area contributed by atoms with Crippen LogP contribution in [0.4, 0.5) is 20.2 Å². The van der Waals surface area contributed by atoms with Crippen molar-refractivity contribution in [2.75, 3.05) is 24.9 Å². The fourth-order valence-electron chi connectivity index (χ4n) is 2.27. The molecule has 1 atom stereocenters. The number of nitrogens with one attached hydrogen (secondary N) is 2. The number of carbonyl (C=O) groups excluding carboxylic acids is 1. The molecule has 1 amide bonds. The van der Waals surface area contributed by atoms with E-state index >= 15 is 0 Å². The molecule has 2 rings (SSSR count). The van der Waals surface area contributed by atoms with Crippen molar-refractivity contribution >= 4 is 51.5 Å². The van der Waals surface area contributed by atoms with Gasteiger partial charge in [0, 0.05) is 29.0 Å². The van der Waals surface area contributed by atoms with E-state index in [1.54, 1.807) is 6.07 Å². The minimum absolute atomic E-state index is 0.0236. The van der Waals surface area contributed by atoms with Crippen molar-refractivity contribution in [3.8, 4) is 5.75 Å². The van der Waals surface area contributed by atoms with Crippen LogP contribution in [0, 0.1) is 15.2 Å². The van der Waals surface area contributed by atoms with Gasteiger partial charge in [-0.1, -0.05) is 0 Å². The summed E-state index contributed by atoms with van der Waals surface area (Å²) in [6.45, 7) is 0.0265. The molecule has 0 fully saturated rings. The smallest absolute Gasteiger partial charge is 0.256 e. The molecule has 5 nitrogen and oxygen atoms in total. The van der Waals surface area contributed by atoms with Gasteiger partial charge in [0.2, 0.25) is 0 Å². The van der Waals surface area contributed by atoms with E-state index in [0.717, 1.165) is 12.1 Å². The number of rotatable bonds is 8. The number of carbonyl (C=O) groups is 1. The molecule has 0 aliphatic heterocycles. The minimum Gasteiger partial charge on any atom is -0.492 e. The van der Waals surface area contributed by atoms with Crippen LogP contribution in [-0.2, 0) is 0 Å². The maximum Gasteiger partial charge on any atom is 0.256 e. The van der Waals surface area contributed by atoms with Crippen molar-refractivity contribution in [1.82, 2.24) is 5.32 Å². The number of ether oxygens (including phenoxy) is 1. The summed E-state index contributed by atoms with van der Waals surface area (Å²) < 4.78 is 34.4. The van der Waals surface area contributed by atoms with Crippen LogP contribution in [-0.4, -0.2) is 36.7 Å². The Labute approximate surface area is 174 Å². The van der Waals surface area contributed by atoms with Gasteiger partial charge in [0.15, 0.2) is 0 Å². The van der Waals surface area contributed by atoms with E-state index < -0.39 is 23.6 Å². The Kier molecular flexibility index (Phi) is 8.06. The summed E-state index contributed by atoms with van der Waals surface area (Å²) in [6.07, 6.45) is -0.566. The fraction of sp³-hybridized carbons (Fsp3) is 0.278. The van der Waals surface area contributed by atoms with Crippen molar-refractivity contribution in [2.24, 2.45) is 0 Å². The first-order chi connectivity index (χ1) is 12.8. The first-order valence-electron chi connectivity index (χ1n) is 8.00. The molecule has 0 bridgehead atoms. The van der Waals surface area contributed by atoms with Crippen molar-refractivity contribution in [2.45, 2.75) is 12.5 Å². The van der Waals surface area contributed by atoms with Crippen molar-refractivity contribution in [3.63, 3.8) is 0 Å². The molecule has 0 saturated carbocycles. The standard InChI is InChI=1S/C18H18ClF2IN2O3/c1-23-18(26)17-15(24-14-3-2-11(22)8-13(14)21)6-10(20)7-16(17)27-5-4-12(25)9-19/h2-3,6-8,12,24-25H,4-5,9H2,1H3,(H,23,26)/t12-/m1/s1. The quantitative estimate of drug-likeness (QED) is 0.370. The van der Waals surface area contributed by atoms with Crippen LogP contribution in [0.2, 0.25) is 0 Å². The SMILES string of the molecule is CNC(=O)c1c(Nc2ccc(I)cc2F)cc(F)cc1OCC[C@@H](O)CCl. The number of hydrogen-bond donors (Lipinski definition) is 3. The molecular weight excluding hydrogens is 493 g/mol. The molecule has 0 spiro atoms. The Hall–Kier alpha value is -1.65. The minimum atomic E-state index is -0.776. The van der Waals surface area contributed by atoms with E-state index in [9.17, 15) is 18.7 Å². The first-order valence-corrected chi connectivity index (χ1v) is 9.61. The van der Waals surface area contributed by atoms with E-state index in [2.05, 4.69) is 10.6 Å². The van der Waals surface area contributed by atoms with Gasteiger partial charge in [-0.3, -0.25) is 4.79 Å². The lowest BCUT2D eigenvalue weighted by Crippen LogP contribution is -2.21. The van der Waals surface area contributed by atoms with Gasteiger partial charge in [0.05, 0.1) is 24.1 Å². The average Bonchev–Trinajstić information content (AvgIpc) is 2.63. The van der Waals surface area contributed by atoms with Gasteiger partial charge in [0.1, 0.15) is 22.9 Å². The summed E-state index contributed by atoms with van der Waals surface area (Å²) >= 11 is 7.50. The highest BCUT2D eigenvalue weighted by Crippen LogP contribution is 2.32. The first kappa shape index (κ1) is 21.6. The molecule has 0 radical (unpaired) electrons. The van der Waals surface area contributed by atoms with Crippen LogP contribution in [0.1, 0.15) is 16.8 Å². The van der Waals surface area contributed by atoms with E-state index in [-0.39, 0.29) is 41.6 Å². The predicted molar refractivity (Wildman–Crippen MR) is 109 cm³/mol. The van der Waals surface area contributed by atoms with Crippen LogP contribution >= 0.6 is 34.2 Å². The number of alkyl halides is 1. The van der Waals surface area contributed by atoms with Crippen LogP contribution in [0.5, 0.6) is 5.75 Å². The Morgan fingerprint density at radius 1 is 1.30 bits per heavy atom. The second kappa shape index (κ2) is 10.0. The molecule has 3 N–H and O–H groups in total. The molecule has 0 aromatic heterocycles. The number of benzene rings is 2. The van der Waals surface area contributed by atoms with E-state index in [1.165, 1.54) is 19.2 Å². The van der Waals surface area contributed by atoms with E-state index in [4.69, 9.17) is 16.3 Å². The summed E-state index contributed by atoms with van der Waals surface area (Å²) in [5.74, 6) is -1.72. The molecule has 2 aromatic carbocycles. The summed E-state index contributed by atoms with van der Waals surface area (Å²) in [7, 11) is 1.42. The molecule has 9 heteroatoms. The molecule has 0 aliphatic carbocycles. The monoisotopic (exact) mass is 510 g/mol. The zero-order chi connectivity index (χ0) is 20.0. The van der Waals surface area contributed by atoms with Gasteiger partial charge in [-0.05, 0) is 46.9 Å². The number of hydrogen-bond acceptors (Lipinski definition) is 4. The zero-order valence-electron chi connectivity index (χ0n) is 14.4. The Morgan fingerprint density at radius 2 is 2.04 bits per heavy atom. The molecule has 2 aromatic rings. The highest BCUT2D eigenvalue weighted by atomic mass is 127. The lowest BCUT2D eigenvalue weighted by atomic mass is 10.1. The molecule has 0 heterocycles. The zero-order valence-corrected chi connectivity index (χ0v) is 17.3. The third-order valence-corrected chi connectivity index (χ3v) is 4.64. The normalized spacial score (nSPS) is 11.8. The number of amides is 1. The second-order valence-electron chi connectivity index (χ2n) is 5.60. The third-order valence-electron chi connectivity index (χ3n) is 3.61. The topological polar surface area (TPSA) is 70.6 Å². The summed E-state index contributed by atoms with van der Waals surface area (Å²) in [4.78, 5) is 12.3. The van der Waals surface area contributed by atoms with Crippen molar-refractivity contribution in [1.29, 1.82) is 0 Å². The van der Waals surface area contributed by atoms with Crippen molar-refractivity contribution < 1.29 is 23.4 Å². The molecule has 0 saturated heterocycles. The van der Waals surface area contributed by atoms with Crippen LogP contribution in [0.15, 0.2) is 30.3 Å². The second-order valence-corrected chi connectivity index (χ2v) is 7.15. The van der Waals surface area contributed by atoms with Crippen LogP contribution in [0.25, 0.3) is 0 Å². The van der Waals surface area contributed by atoms with Crippen LogP contribution < -0.4 is 15.4 Å². The lowest BCUT2D eigenvalue weighted by molar-refractivity contribution is 0.0959. The lowest BCUT2D eigenvalue weighted by Gasteiger charge is -2.17. The average molecular weight is 511 g/mol. The van der Waals surface area contributed by atoms with Gasteiger partial charge in [0.25, 0.3) is 5.91 Å². The fourth-order valence-corrected chi connectivity index (χ4v) is 2.88. The van der Waals surface area contributed by atoms with Gasteiger partial charge in [-0.15, -0.1) is 11.6 Å². The third kappa shape index (κ3) is 5.91. The van der Waals surface area contributed by atoms with Gasteiger partial charge < -0.3 is 20.5 Å². The highest BCUT2D eigenvalue weighted by Gasteiger charge is 2.20. The summed E-state index contributed by atoms with van der Waals surface area (Å²) in [5.41, 5.74) is 0.175. The van der Waals surface area contributed by atoms with Gasteiger partial charge >= 0.3 is 0 Å². The molecule has 146 valence electrons. The maximum absolute atomic E-state index is 14.1. The maximum atomic E-state index is 14.1. The number of anilines is 2. The van der Waals surface area contributed by atoms with Crippen LogP contribution in [0.3, 0.4) is 0 Å².